The third-order valence-electron chi connectivity index (χ3n) is 2.09. The summed E-state index contributed by atoms with van der Waals surface area (Å²) in [6, 6.07) is 1.56. The molecule has 0 saturated heterocycles. The van der Waals surface area contributed by atoms with Gasteiger partial charge in [0.25, 0.3) is 0 Å². The molecular weight excluding hydrogens is 230 g/mol. The molecule has 84 valence electrons. The zero-order valence-electron chi connectivity index (χ0n) is 8.68. The Balaban J connectivity index is 2.68. The number of nitrogens with zero attached hydrogens (tertiary/aromatic N) is 1. The maximum atomic E-state index is 11.3. The molecule has 5 nitrogen and oxygen atoms in total. The van der Waals surface area contributed by atoms with E-state index in [0.29, 0.717) is 20.8 Å². The number of esters is 1. The molecule has 1 N–H and O–H groups in total. The number of carbonyl (C=O) groups is 1. The third kappa shape index (κ3) is 1.57. The lowest BCUT2D eigenvalue weighted by Crippen LogP contribution is -1.96. The SMILES string of the molecule is COC(=O)c1cc2c(O)cnc(OC)c2s1. The van der Waals surface area contributed by atoms with Crippen LogP contribution in [0.15, 0.2) is 12.3 Å². The topological polar surface area (TPSA) is 68.7 Å². The lowest BCUT2D eigenvalue weighted by Gasteiger charge is -2.00. The normalized spacial score (nSPS) is 10.4. The van der Waals surface area contributed by atoms with Crippen molar-refractivity contribution >= 4 is 27.4 Å². The fourth-order valence-electron chi connectivity index (χ4n) is 1.33. The van der Waals surface area contributed by atoms with Gasteiger partial charge in [-0.15, -0.1) is 11.3 Å². The van der Waals surface area contributed by atoms with Crippen molar-refractivity contribution in [1.29, 1.82) is 0 Å². The number of methoxy groups -OCH3 is 2. The van der Waals surface area contributed by atoms with E-state index in [-0.39, 0.29) is 5.75 Å². The Labute approximate surface area is 95.3 Å². The number of carbonyl (C=O) groups excluding carboxylic acids is 1. The molecule has 2 heterocycles. The standard InChI is InChI=1S/C10H9NO4S/c1-14-9-8-5(6(12)4-11-9)3-7(16-8)10(13)15-2/h3-4,12H,1-2H3. The average Bonchev–Trinajstić information content (AvgIpc) is 2.74. The van der Waals surface area contributed by atoms with Crippen molar-refractivity contribution in [2.24, 2.45) is 0 Å². The van der Waals surface area contributed by atoms with Gasteiger partial charge in [0.2, 0.25) is 5.88 Å². The predicted octanol–water partition coefficient (Wildman–Crippen LogP) is 1.80. The van der Waals surface area contributed by atoms with E-state index < -0.39 is 5.97 Å². The predicted molar refractivity (Wildman–Crippen MR) is 59.2 cm³/mol. The van der Waals surface area contributed by atoms with Gasteiger partial charge >= 0.3 is 5.97 Å². The molecule has 2 aromatic rings. The van der Waals surface area contributed by atoms with Crippen molar-refractivity contribution in [3.8, 4) is 11.6 Å². The van der Waals surface area contributed by atoms with Crippen LogP contribution in [0.3, 0.4) is 0 Å². The minimum Gasteiger partial charge on any atom is -0.506 e. The van der Waals surface area contributed by atoms with Crippen molar-refractivity contribution in [3.63, 3.8) is 0 Å². The monoisotopic (exact) mass is 239 g/mol. The molecule has 0 aliphatic rings. The number of aromatic hydroxyl groups is 1. The summed E-state index contributed by atoms with van der Waals surface area (Å²) in [6.07, 6.45) is 1.29. The van der Waals surface area contributed by atoms with Crippen LogP contribution in [-0.4, -0.2) is 30.3 Å². The smallest absolute Gasteiger partial charge is 0.348 e. The van der Waals surface area contributed by atoms with Gasteiger partial charge in [0.15, 0.2) is 0 Å². The second-order valence-electron chi connectivity index (χ2n) is 3.00. The number of hydrogen-bond acceptors (Lipinski definition) is 6. The van der Waals surface area contributed by atoms with E-state index in [9.17, 15) is 9.90 Å². The van der Waals surface area contributed by atoms with Crippen molar-refractivity contribution < 1.29 is 19.4 Å². The Bertz CT molecular complexity index is 549. The maximum absolute atomic E-state index is 11.3. The number of fused-ring (bicyclic) bond motifs is 1. The molecule has 0 aromatic carbocycles. The van der Waals surface area contributed by atoms with E-state index >= 15 is 0 Å². The zero-order chi connectivity index (χ0) is 11.7. The summed E-state index contributed by atoms with van der Waals surface area (Å²) in [6.45, 7) is 0. The molecule has 0 unspecified atom stereocenters. The molecule has 0 amide bonds. The number of aromatic nitrogens is 1. The fraction of sp³-hybridized carbons (Fsp3) is 0.200. The van der Waals surface area contributed by atoms with E-state index in [1.165, 1.54) is 31.8 Å². The van der Waals surface area contributed by atoms with E-state index in [4.69, 9.17) is 4.74 Å². The second kappa shape index (κ2) is 3.97. The number of hydrogen-bond donors (Lipinski definition) is 1. The van der Waals surface area contributed by atoms with Crippen LogP contribution in [-0.2, 0) is 4.74 Å². The van der Waals surface area contributed by atoms with Gasteiger partial charge < -0.3 is 14.6 Å². The molecule has 0 saturated carbocycles. The summed E-state index contributed by atoms with van der Waals surface area (Å²) in [5.41, 5.74) is 0. The highest BCUT2D eigenvalue weighted by Gasteiger charge is 2.16. The van der Waals surface area contributed by atoms with E-state index in [0.717, 1.165) is 0 Å². The lowest BCUT2D eigenvalue weighted by atomic mass is 10.3. The van der Waals surface area contributed by atoms with E-state index in [1.807, 2.05) is 0 Å². The van der Waals surface area contributed by atoms with Crippen LogP contribution in [0, 0.1) is 0 Å². The van der Waals surface area contributed by atoms with Crippen molar-refractivity contribution in [1.82, 2.24) is 4.98 Å². The lowest BCUT2D eigenvalue weighted by molar-refractivity contribution is 0.0606. The van der Waals surface area contributed by atoms with Crippen molar-refractivity contribution in [3.05, 3.63) is 17.1 Å². The number of ether oxygens (including phenoxy) is 2. The number of pyridine rings is 1. The fourth-order valence-corrected chi connectivity index (χ4v) is 2.39. The van der Waals surface area contributed by atoms with Crippen molar-refractivity contribution in [2.75, 3.05) is 14.2 Å². The van der Waals surface area contributed by atoms with E-state index in [1.54, 1.807) is 6.07 Å². The quantitative estimate of drug-likeness (QED) is 0.809. The number of rotatable bonds is 2. The van der Waals surface area contributed by atoms with Crippen LogP contribution in [0.1, 0.15) is 9.67 Å². The molecule has 0 aliphatic carbocycles. The first kappa shape index (κ1) is 10.7. The minimum atomic E-state index is -0.442. The maximum Gasteiger partial charge on any atom is 0.348 e. The van der Waals surface area contributed by atoms with Gasteiger partial charge in [0, 0.05) is 5.39 Å². The highest BCUT2D eigenvalue weighted by molar-refractivity contribution is 7.21. The van der Waals surface area contributed by atoms with Gasteiger partial charge in [-0.25, -0.2) is 9.78 Å². The van der Waals surface area contributed by atoms with Crippen molar-refractivity contribution in [2.45, 2.75) is 0 Å². The van der Waals surface area contributed by atoms with Gasteiger partial charge in [0.05, 0.1) is 20.4 Å². The third-order valence-corrected chi connectivity index (χ3v) is 3.19. The molecule has 6 heteroatoms. The zero-order valence-corrected chi connectivity index (χ0v) is 9.50. The highest BCUT2D eigenvalue weighted by Crippen LogP contribution is 2.37. The summed E-state index contributed by atoms with van der Waals surface area (Å²) >= 11 is 1.17. The van der Waals surface area contributed by atoms with Crippen LogP contribution in [0.4, 0.5) is 0 Å². The highest BCUT2D eigenvalue weighted by atomic mass is 32.1. The summed E-state index contributed by atoms with van der Waals surface area (Å²) < 4.78 is 10.3. The summed E-state index contributed by atoms with van der Waals surface area (Å²) in [5.74, 6) is -0.0437. The first-order valence-corrected chi connectivity index (χ1v) is 5.23. The minimum absolute atomic E-state index is 0.0159. The first-order chi connectivity index (χ1) is 7.67. The Morgan fingerprint density at radius 1 is 1.50 bits per heavy atom. The second-order valence-corrected chi connectivity index (χ2v) is 4.05. The Kier molecular flexibility index (Phi) is 2.66. The van der Waals surface area contributed by atoms with Gasteiger partial charge in [-0.3, -0.25) is 0 Å². The molecule has 0 spiro atoms. The summed E-state index contributed by atoms with van der Waals surface area (Å²) in [4.78, 5) is 15.7. The van der Waals surface area contributed by atoms with Crippen LogP contribution >= 0.6 is 11.3 Å². The Hall–Kier alpha value is -1.82. The van der Waals surface area contributed by atoms with Crippen LogP contribution < -0.4 is 4.74 Å². The van der Waals surface area contributed by atoms with Crippen LogP contribution in [0.25, 0.3) is 10.1 Å². The average molecular weight is 239 g/mol. The molecule has 2 aromatic heterocycles. The van der Waals surface area contributed by atoms with Gasteiger partial charge in [-0.2, -0.15) is 0 Å². The first-order valence-electron chi connectivity index (χ1n) is 4.41. The molecule has 16 heavy (non-hydrogen) atoms. The van der Waals surface area contributed by atoms with Gasteiger partial charge in [0.1, 0.15) is 15.3 Å². The van der Waals surface area contributed by atoms with Gasteiger partial charge in [-0.1, -0.05) is 0 Å². The van der Waals surface area contributed by atoms with E-state index in [2.05, 4.69) is 9.72 Å². The molecule has 0 atom stereocenters. The van der Waals surface area contributed by atoms with Crippen LogP contribution in [0.2, 0.25) is 0 Å². The molecule has 0 aliphatic heterocycles. The molecule has 0 radical (unpaired) electrons. The number of thiophene rings is 1. The summed E-state index contributed by atoms with van der Waals surface area (Å²) in [7, 11) is 2.79. The molecule has 0 bridgehead atoms. The molecule has 2 rings (SSSR count). The molecule has 0 fully saturated rings. The molecular formula is C10H9NO4S. The summed E-state index contributed by atoms with van der Waals surface area (Å²) in [5, 5.41) is 10.1. The Morgan fingerprint density at radius 3 is 2.88 bits per heavy atom. The largest absolute Gasteiger partial charge is 0.506 e. The Morgan fingerprint density at radius 2 is 2.25 bits per heavy atom. The van der Waals surface area contributed by atoms with Gasteiger partial charge in [-0.05, 0) is 6.07 Å². The van der Waals surface area contributed by atoms with Crippen LogP contribution in [0.5, 0.6) is 11.6 Å².